The fraction of sp³-hybridized carbons (Fsp3) is 0.529. The van der Waals surface area contributed by atoms with Crippen LogP contribution < -0.4 is 5.73 Å². The minimum absolute atomic E-state index is 0.170. The summed E-state index contributed by atoms with van der Waals surface area (Å²) in [7, 11) is 0. The molecule has 2 nitrogen and oxygen atoms in total. The van der Waals surface area contributed by atoms with Crippen molar-refractivity contribution >= 4 is 10.9 Å². The highest BCUT2D eigenvalue weighted by atomic mass is 19.1. The zero-order valence-corrected chi connectivity index (χ0v) is 12.1. The average Bonchev–Trinajstić information content (AvgIpc) is 2.80. The standard InChI is InChI=1S/C17H23FN2/c1-11-16(13-8-5-9-15(18)17(13)20-11)14(10-19)12-6-3-2-4-7-12/h5,8-9,12,14,20H,2-4,6-7,10,19H2,1H3. The predicted molar refractivity (Wildman–Crippen MR) is 81.4 cm³/mol. The monoisotopic (exact) mass is 274 g/mol. The lowest BCUT2D eigenvalue weighted by atomic mass is 9.76. The fourth-order valence-corrected chi connectivity index (χ4v) is 3.89. The number of para-hydroxylation sites is 1. The van der Waals surface area contributed by atoms with Crippen LogP contribution in [0.2, 0.25) is 0 Å². The topological polar surface area (TPSA) is 41.8 Å². The highest BCUT2D eigenvalue weighted by Gasteiger charge is 2.27. The summed E-state index contributed by atoms with van der Waals surface area (Å²) in [4.78, 5) is 3.22. The molecule has 1 unspecified atom stereocenters. The second-order valence-corrected chi connectivity index (χ2v) is 6.07. The van der Waals surface area contributed by atoms with Crippen molar-refractivity contribution in [2.24, 2.45) is 11.7 Å². The zero-order chi connectivity index (χ0) is 14.1. The summed E-state index contributed by atoms with van der Waals surface area (Å²) >= 11 is 0. The Balaban J connectivity index is 2.06. The highest BCUT2D eigenvalue weighted by Crippen LogP contribution is 2.40. The second kappa shape index (κ2) is 5.57. The van der Waals surface area contributed by atoms with Crippen LogP contribution in [0.4, 0.5) is 4.39 Å². The molecule has 1 atom stereocenters. The molecular formula is C17H23FN2. The normalized spacial score (nSPS) is 18.6. The van der Waals surface area contributed by atoms with E-state index in [0.717, 1.165) is 11.1 Å². The maximum Gasteiger partial charge on any atom is 0.147 e. The van der Waals surface area contributed by atoms with E-state index in [1.165, 1.54) is 43.7 Å². The van der Waals surface area contributed by atoms with Crippen LogP contribution in [0.3, 0.4) is 0 Å². The number of aryl methyl sites for hydroxylation is 1. The zero-order valence-electron chi connectivity index (χ0n) is 12.1. The van der Waals surface area contributed by atoms with Crippen molar-refractivity contribution in [2.75, 3.05) is 6.54 Å². The van der Waals surface area contributed by atoms with Gasteiger partial charge in [0.25, 0.3) is 0 Å². The molecule has 108 valence electrons. The van der Waals surface area contributed by atoms with Crippen molar-refractivity contribution < 1.29 is 4.39 Å². The van der Waals surface area contributed by atoms with Crippen molar-refractivity contribution in [2.45, 2.75) is 44.9 Å². The smallest absolute Gasteiger partial charge is 0.147 e. The van der Waals surface area contributed by atoms with Crippen LogP contribution in [0.1, 0.15) is 49.3 Å². The number of aromatic amines is 1. The summed E-state index contributed by atoms with van der Waals surface area (Å²) < 4.78 is 13.9. The summed E-state index contributed by atoms with van der Waals surface area (Å²) in [5.74, 6) is 0.830. The molecule has 3 rings (SSSR count). The van der Waals surface area contributed by atoms with E-state index in [1.807, 2.05) is 13.0 Å². The van der Waals surface area contributed by atoms with E-state index in [1.54, 1.807) is 6.07 Å². The molecule has 3 N–H and O–H groups in total. The third-order valence-electron chi connectivity index (χ3n) is 4.86. The largest absolute Gasteiger partial charge is 0.356 e. The van der Waals surface area contributed by atoms with Gasteiger partial charge in [0, 0.05) is 17.0 Å². The molecule has 1 aliphatic rings. The maximum atomic E-state index is 13.9. The van der Waals surface area contributed by atoms with Gasteiger partial charge in [-0.15, -0.1) is 0 Å². The van der Waals surface area contributed by atoms with E-state index >= 15 is 0 Å². The van der Waals surface area contributed by atoms with Gasteiger partial charge < -0.3 is 10.7 Å². The van der Waals surface area contributed by atoms with Crippen LogP contribution in [-0.4, -0.2) is 11.5 Å². The first-order valence-electron chi connectivity index (χ1n) is 7.69. The Labute approximate surface area is 119 Å². The van der Waals surface area contributed by atoms with E-state index in [-0.39, 0.29) is 5.82 Å². The Morgan fingerprint density at radius 3 is 2.75 bits per heavy atom. The minimum Gasteiger partial charge on any atom is -0.356 e. The molecule has 1 heterocycles. The quantitative estimate of drug-likeness (QED) is 0.863. The third-order valence-corrected chi connectivity index (χ3v) is 4.86. The fourth-order valence-electron chi connectivity index (χ4n) is 3.89. The summed E-state index contributed by atoms with van der Waals surface area (Å²) in [6.45, 7) is 2.69. The Morgan fingerprint density at radius 1 is 1.30 bits per heavy atom. The highest BCUT2D eigenvalue weighted by molar-refractivity contribution is 5.85. The number of fused-ring (bicyclic) bond motifs is 1. The molecule has 0 bridgehead atoms. The number of nitrogens with two attached hydrogens (primary N) is 1. The number of hydrogen-bond donors (Lipinski definition) is 2. The van der Waals surface area contributed by atoms with Gasteiger partial charge in [0.1, 0.15) is 5.82 Å². The number of aromatic nitrogens is 1. The Morgan fingerprint density at radius 2 is 2.05 bits per heavy atom. The van der Waals surface area contributed by atoms with Gasteiger partial charge in [0.2, 0.25) is 0 Å². The molecule has 0 spiro atoms. The van der Waals surface area contributed by atoms with Crippen LogP contribution in [0.25, 0.3) is 10.9 Å². The Kier molecular flexibility index (Phi) is 3.79. The van der Waals surface area contributed by atoms with Crippen LogP contribution in [-0.2, 0) is 0 Å². The minimum atomic E-state index is -0.170. The predicted octanol–water partition coefficient (Wildman–Crippen LogP) is 4.24. The molecule has 20 heavy (non-hydrogen) atoms. The van der Waals surface area contributed by atoms with Gasteiger partial charge in [-0.3, -0.25) is 0 Å². The summed E-state index contributed by atoms with van der Waals surface area (Å²) in [5, 5.41) is 1.02. The molecule has 0 aliphatic heterocycles. The molecule has 0 saturated heterocycles. The summed E-state index contributed by atoms with van der Waals surface area (Å²) in [5.41, 5.74) is 9.04. The van der Waals surface area contributed by atoms with Crippen LogP contribution in [0, 0.1) is 18.7 Å². The first-order chi connectivity index (χ1) is 9.72. The number of H-pyrrole nitrogens is 1. The third kappa shape index (κ3) is 2.24. The first-order valence-corrected chi connectivity index (χ1v) is 7.69. The molecule has 1 aliphatic carbocycles. The Hall–Kier alpha value is -1.35. The number of benzene rings is 1. The van der Waals surface area contributed by atoms with Crippen molar-refractivity contribution in [1.29, 1.82) is 0 Å². The SMILES string of the molecule is Cc1[nH]c2c(F)cccc2c1C(CN)C1CCCCC1. The molecule has 0 radical (unpaired) electrons. The van der Waals surface area contributed by atoms with Gasteiger partial charge in [-0.25, -0.2) is 4.39 Å². The van der Waals surface area contributed by atoms with E-state index < -0.39 is 0 Å². The number of rotatable bonds is 3. The van der Waals surface area contributed by atoms with Gasteiger partial charge in [0.15, 0.2) is 0 Å². The van der Waals surface area contributed by atoms with Crippen molar-refractivity contribution in [1.82, 2.24) is 4.98 Å². The van der Waals surface area contributed by atoms with E-state index in [2.05, 4.69) is 4.98 Å². The molecule has 1 saturated carbocycles. The molecule has 1 aromatic heterocycles. The molecular weight excluding hydrogens is 251 g/mol. The van der Waals surface area contributed by atoms with Gasteiger partial charge in [-0.2, -0.15) is 0 Å². The lowest BCUT2D eigenvalue weighted by Crippen LogP contribution is -2.24. The molecule has 2 aromatic rings. The summed E-state index contributed by atoms with van der Waals surface area (Å²) in [6.07, 6.45) is 6.45. The van der Waals surface area contributed by atoms with Crippen molar-refractivity contribution in [3.05, 3.63) is 35.3 Å². The number of nitrogens with one attached hydrogen (secondary N) is 1. The molecule has 1 aromatic carbocycles. The average molecular weight is 274 g/mol. The molecule has 0 amide bonds. The van der Waals surface area contributed by atoms with E-state index in [4.69, 9.17) is 5.73 Å². The van der Waals surface area contributed by atoms with Crippen LogP contribution >= 0.6 is 0 Å². The number of halogens is 1. The lowest BCUT2D eigenvalue weighted by Gasteiger charge is -2.30. The van der Waals surface area contributed by atoms with Gasteiger partial charge in [0.05, 0.1) is 5.52 Å². The van der Waals surface area contributed by atoms with Gasteiger partial charge in [-0.1, -0.05) is 31.4 Å². The van der Waals surface area contributed by atoms with E-state index in [0.29, 0.717) is 23.9 Å². The molecule has 3 heteroatoms. The summed E-state index contributed by atoms with van der Waals surface area (Å²) in [6, 6.07) is 5.33. The second-order valence-electron chi connectivity index (χ2n) is 6.07. The first kappa shape index (κ1) is 13.6. The lowest BCUT2D eigenvalue weighted by molar-refractivity contribution is 0.308. The van der Waals surface area contributed by atoms with Crippen molar-refractivity contribution in [3.8, 4) is 0 Å². The van der Waals surface area contributed by atoms with Crippen LogP contribution in [0.15, 0.2) is 18.2 Å². The van der Waals surface area contributed by atoms with E-state index in [9.17, 15) is 4.39 Å². The number of hydrogen-bond acceptors (Lipinski definition) is 1. The molecule has 1 fully saturated rings. The van der Waals surface area contributed by atoms with Gasteiger partial charge in [-0.05, 0) is 43.9 Å². The van der Waals surface area contributed by atoms with Gasteiger partial charge >= 0.3 is 0 Å². The van der Waals surface area contributed by atoms with Crippen LogP contribution in [0.5, 0.6) is 0 Å². The van der Waals surface area contributed by atoms with Crippen molar-refractivity contribution in [3.63, 3.8) is 0 Å². The maximum absolute atomic E-state index is 13.9. The Bertz CT molecular complexity index is 596.